The van der Waals surface area contributed by atoms with E-state index in [4.69, 9.17) is 0 Å². The lowest BCUT2D eigenvalue weighted by molar-refractivity contribution is 0.636. The Morgan fingerprint density at radius 2 is 1.15 bits per heavy atom. The van der Waals surface area contributed by atoms with Crippen LogP contribution in [0.15, 0.2) is 0 Å². The van der Waals surface area contributed by atoms with Crippen molar-refractivity contribution in [2.45, 2.75) is 87.7 Å². The molecule has 0 aliphatic heterocycles. The first-order chi connectivity index (χ1) is 9.62. The quantitative estimate of drug-likeness (QED) is 0.172. The summed E-state index contributed by atoms with van der Waals surface area (Å²) in [5.74, 6) is 0. The molecule has 0 amide bonds. The minimum atomic E-state index is 0.685. The van der Waals surface area contributed by atoms with Crippen LogP contribution in [0.4, 0.5) is 0 Å². The van der Waals surface area contributed by atoms with Crippen LogP contribution >= 0.6 is 63.7 Å². The molecule has 0 nitrogen and oxygen atoms in total. The molecule has 0 N–H and O–H groups in total. The molecule has 4 heteroatoms. The summed E-state index contributed by atoms with van der Waals surface area (Å²) in [6.45, 7) is 4.49. The monoisotopic (exact) mass is 540 g/mol. The molecule has 0 saturated heterocycles. The van der Waals surface area contributed by atoms with Gasteiger partial charge in [-0.25, -0.2) is 0 Å². The zero-order valence-corrected chi connectivity index (χ0v) is 19.5. The molecule has 0 fully saturated rings. The highest BCUT2D eigenvalue weighted by atomic mass is 79.9. The van der Waals surface area contributed by atoms with Crippen LogP contribution in [0.1, 0.15) is 78.1 Å². The lowest BCUT2D eigenvalue weighted by Crippen LogP contribution is -1.97. The maximum Gasteiger partial charge on any atom is 0.0242 e. The molecule has 0 heterocycles. The molecule has 0 rings (SSSR count). The fourth-order valence-electron chi connectivity index (χ4n) is 1.75. The number of halogens is 4. The summed E-state index contributed by atoms with van der Waals surface area (Å²) >= 11 is 14.1. The van der Waals surface area contributed by atoms with Gasteiger partial charge in [0, 0.05) is 20.3 Å². The molecule has 0 bridgehead atoms. The van der Waals surface area contributed by atoms with Crippen molar-refractivity contribution in [3.63, 3.8) is 0 Å². The van der Waals surface area contributed by atoms with Gasteiger partial charge in [0.25, 0.3) is 0 Å². The van der Waals surface area contributed by atoms with Gasteiger partial charge in [0.1, 0.15) is 0 Å². The Kier molecular flexibility index (Phi) is 25.3. The molecule has 0 aliphatic rings. The Balaban J connectivity index is 0. The molecular formula is C16H32Br4. The molecule has 0 aromatic heterocycles. The van der Waals surface area contributed by atoms with Crippen LogP contribution in [-0.2, 0) is 0 Å². The van der Waals surface area contributed by atoms with Gasteiger partial charge in [0.2, 0.25) is 0 Å². The molecule has 0 saturated carbocycles. The lowest BCUT2D eigenvalue weighted by Gasteiger charge is -2.05. The van der Waals surface area contributed by atoms with E-state index in [2.05, 4.69) is 77.6 Å². The lowest BCUT2D eigenvalue weighted by atomic mass is 10.1. The maximum atomic E-state index is 3.64. The van der Waals surface area contributed by atoms with Gasteiger partial charge in [-0.2, -0.15) is 0 Å². The number of hydrogen-bond donors (Lipinski definition) is 0. The summed E-state index contributed by atoms with van der Waals surface area (Å²) in [5, 5.41) is 2.20. The van der Waals surface area contributed by atoms with Crippen LogP contribution in [0.2, 0.25) is 0 Å². The molecule has 0 spiro atoms. The maximum absolute atomic E-state index is 3.64. The van der Waals surface area contributed by atoms with E-state index in [1.807, 2.05) is 0 Å². The van der Waals surface area contributed by atoms with Gasteiger partial charge in [0.05, 0.1) is 0 Å². The van der Waals surface area contributed by atoms with E-state index in [0.29, 0.717) is 4.83 Å². The minimum Gasteiger partial charge on any atom is -0.0928 e. The Hall–Kier alpha value is 1.92. The van der Waals surface area contributed by atoms with Crippen LogP contribution in [-0.4, -0.2) is 20.3 Å². The van der Waals surface area contributed by atoms with Crippen molar-refractivity contribution < 1.29 is 0 Å². The van der Waals surface area contributed by atoms with Crippen molar-refractivity contribution in [3.05, 3.63) is 0 Å². The third-order valence-corrected chi connectivity index (χ3v) is 6.89. The van der Waals surface area contributed by atoms with Crippen molar-refractivity contribution in [3.8, 4) is 0 Å². The van der Waals surface area contributed by atoms with Gasteiger partial charge in [-0.05, 0) is 19.3 Å². The second-order valence-electron chi connectivity index (χ2n) is 5.17. The molecular weight excluding hydrogens is 512 g/mol. The van der Waals surface area contributed by atoms with Crippen LogP contribution < -0.4 is 0 Å². The fraction of sp³-hybridized carbons (Fsp3) is 1.00. The van der Waals surface area contributed by atoms with Gasteiger partial charge < -0.3 is 0 Å². The van der Waals surface area contributed by atoms with E-state index in [1.54, 1.807) is 0 Å². The number of hydrogen-bond acceptors (Lipinski definition) is 0. The largest absolute Gasteiger partial charge is 0.0928 e. The molecule has 20 heavy (non-hydrogen) atoms. The topological polar surface area (TPSA) is 0 Å². The summed E-state index contributed by atoms with van der Waals surface area (Å²) in [6.07, 6.45) is 13.5. The third kappa shape index (κ3) is 22.2. The predicted octanol–water partition coefficient (Wildman–Crippen LogP) is 8.23. The van der Waals surface area contributed by atoms with E-state index >= 15 is 0 Å². The number of unbranched alkanes of at least 4 members (excludes halogenated alkanes) is 5. The second-order valence-corrected chi connectivity index (χ2v) is 9.20. The average molecular weight is 544 g/mol. The average Bonchev–Trinajstić information content (AvgIpc) is 2.44. The molecule has 0 aromatic carbocycles. The van der Waals surface area contributed by atoms with Crippen LogP contribution in [0, 0.1) is 0 Å². The SMILES string of the molecule is CCCCCC(Br)CCBr.CCCCCCC(Br)CBr. The zero-order valence-electron chi connectivity index (χ0n) is 13.2. The van der Waals surface area contributed by atoms with Gasteiger partial charge in [-0.3, -0.25) is 0 Å². The summed E-state index contributed by atoms with van der Waals surface area (Å²) in [4.78, 5) is 1.42. The van der Waals surface area contributed by atoms with Crippen molar-refractivity contribution in [1.82, 2.24) is 0 Å². The second kappa shape index (κ2) is 20.9. The Bertz CT molecular complexity index is 165. The highest BCUT2D eigenvalue weighted by molar-refractivity contribution is 9.12. The molecule has 2 unspecified atom stereocenters. The normalized spacial score (nSPS) is 13.5. The van der Waals surface area contributed by atoms with Crippen LogP contribution in [0.3, 0.4) is 0 Å². The Morgan fingerprint density at radius 1 is 0.650 bits per heavy atom. The van der Waals surface area contributed by atoms with Crippen LogP contribution in [0.5, 0.6) is 0 Å². The summed E-state index contributed by atoms with van der Waals surface area (Å²) in [5.41, 5.74) is 0. The van der Waals surface area contributed by atoms with Crippen molar-refractivity contribution in [2.24, 2.45) is 0 Å². The van der Waals surface area contributed by atoms with Gasteiger partial charge >= 0.3 is 0 Å². The van der Waals surface area contributed by atoms with Gasteiger partial charge in [0.15, 0.2) is 0 Å². The van der Waals surface area contributed by atoms with E-state index in [-0.39, 0.29) is 0 Å². The van der Waals surface area contributed by atoms with E-state index in [1.165, 1.54) is 64.2 Å². The first-order valence-corrected chi connectivity index (χ1v) is 12.1. The van der Waals surface area contributed by atoms with Crippen molar-refractivity contribution >= 4 is 63.7 Å². The highest BCUT2D eigenvalue weighted by Gasteiger charge is 2.01. The molecule has 0 radical (unpaired) electrons. The van der Waals surface area contributed by atoms with E-state index in [9.17, 15) is 0 Å². The minimum absolute atomic E-state index is 0.685. The van der Waals surface area contributed by atoms with E-state index in [0.717, 1.165) is 15.5 Å². The van der Waals surface area contributed by atoms with Crippen molar-refractivity contribution in [2.75, 3.05) is 10.7 Å². The fourth-order valence-corrected chi connectivity index (χ4v) is 4.12. The zero-order chi connectivity index (χ0) is 15.6. The molecule has 124 valence electrons. The summed E-state index contributed by atoms with van der Waals surface area (Å²) < 4.78 is 0. The van der Waals surface area contributed by atoms with Crippen LogP contribution in [0.25, 0.3) is 0 Å². The summed E-state index contributed by atoms with van der Waals surface area (Å²) in [7, 11) is 0. The predicted molar refractivity (Wildman–Crippen MR) is 111 cm³/mol. The molecule has 0 aromatic rings. The smallest absolute Gasteiger partial charge is 0.0242 e. The standard InChI is InChI=1S/2C8H16Br2/c1-2-3-4-5-8(10)6-7-9;1-2-3-4-5-6-8(10)7-9/h2*8H,2-7H2,1H3. The Labute approximate surface area is 161 Å². The third-order valence-electron chi connectivity index (χ3n) is 3.08. The van der Waals surface area contributed by atoms with Crippen molar-refractivity contribution in [1.29, 1.82) is 0 Å². The Morgan fingerprint density at radius 3 is 1.65 bits per heavy atom. The van der Waals surface area contributed by atoms with Gasteiger partial charge in [-0.15, -0.1) is 0 Å². The number of alkyl halides is 4. The summed E-state index contributed by atoms with van der Waals surface area (Å²) in [6, 6.07) is 0. The first-order valence-electron chi connectivity index (χ1n) is 8.02. The number of rotatable bonds is 12. The van der Waals surface area contributed by atoms with E-state index < -0.39 is 0 Å². The first kappa shape index (κ1) is 24.2. The highest BCUT2D eigenvalue weighted by Crippen LogP contribution is 2.15. The van der Waals surface area contributed by atoms with Gasteiger partial charge in [-0.1, -0.05) is 123 Å². The molecule has 2 atom stereocenters. The molecule has 0 aliphatic carbocycles.